The molecule has 0 heterocycles. The lowest BCUT2D eigenvalue weighted by Crippen LogP contribution is -2.43. The number of amides is 1. The van der Waals surface area contributed by atoms with Crippen LogP contribution in [-0.4, -0.2) is 61.9 Å². The maximum atomic E-state index is 11.7. The third-order valence-corrected chi connectivity index (χ3v) is 2.65. The van der Waals surface area contributed by atoms with E-state index in [2.05, 4.69) is 19.2 Å². The van der Waals surface area contributed by atoms with Gasteiger partial charge in [-0.25, -0.2) is 0 Å². The Bertz CT molecular complexity index is 208. The number of carbonyl (C=O) groups excluding carboxylic acids is 1. The third-order valence-electron chi connectivity index (χ3n) is 2.65. The summed E-state index contributed by atoms with van der Waals surface area (Å²) >= 11 is 0. The molecule has 0 saturated carbocycles. The zero-order chi connectivity index (χ0) is 13.3. The highest BCUT2D eigenvalue weighted by molar-refractivity contribution is 5.78. The van der Waals surface area contributed by atoms with Crippen molar-refractivity contribution in [1.29, 1.82) is 0 Å². The molecule has 0 aromatic rings. The van der Waals surface area contributed by atoms with Crippen LogP contribution >= 0.6 is 0 Å². The number of aliphatic hydroxyl groups excluding tert-OH is 1. The second-order valence-corrected chi connectivity index (χ2v) is 4.39. The molecule has 0 fully saturated rings. The highest BCUT2D eigenvalue weighted by Gasteiger charge is 2.13. The minimum absolute atomic E-state index is 0.00539. The molecule has 5 heteroatoms. The molecule has 0 saturated heterocycles. The Morgan fingerprint density at radius 1 is 1.41 bits per heavy atom. The van der Waals surface area contributed by atoms with E-state index in [1.165, 1.54) is 0 Å². The summed E-state index contributed by atoms with van der Waals surface area (Å²) < 4.78 is 4.83. The average molecular weight is 246 g/mol. The van der Waals surface area contributed by atoms with Crippen molar-refractivity contribution < 1.29 is 14.6 Å². The van der Waals surface area contributed by atoms with Crippen LogP contribution in [0.4, 0.5) is 0 Å². The van der Waals surface area contributed by atoms with Crippen molar-refractivity contribution >= 4 is 5.91 Å². The molecular formula is C12H26N2O3. The molecule has 0 aromatic carbocycles. The summed E-state index contributed by atoms with van der Waals surface area (Å²) in [6, 6.07) is 0.250. The molecule has 1 amide bonds. The van der Waals surface area contributed by atoms with Crippen LogP contribution in [-0.2, 0) is 9.53 Å². The van der Waals surface area contributed by atoms with Gasteiger partial charge in [-0.1, -0.05) is 13.8 Å². The molecule has 1 atom stereocenters. The lowest BCUT2D eigenvalue weighted by atomic mass is 10.2. The second kappa shape index (κ2) is 9.39. The average Bonchev–Trinajstić information content (AvgIpc) is 2.25. The number of rotatable bonds is 9. The van der Waals surface area contributed by atoms with Crippen LogP contribution in [0.15, 0.2) is 0 Å². The molecule has 0 bridgehead atoms. The van der Waals surface area contributed by atoms with Crippen molar-refractivity contribution in [2.45, 2.75) is 38.8 Å². The van der Waals surface area contributed by atoms with Gasteiger partial charge in [0.15, 0.2) is 0 Å². The Balaban J connectivity index is 3.86. The van der Waals surface area contributed by atoms with Gasteiger partial charge in [-0.2, -0.15) is 0 Å². The van der Waals surface area contributed by atoms with Gasteiger partial charge in [-0.05, 0) is 19.9 Å². The predicted molar refractivity (Wildman–Crippen MR) is 67.9 cm³/mol. The van der Waals surface area contributed by atoms with Crippen LogP contribution < -0.4 is 5.32 Å². The maximum absolute atomic E-state index is 11.7. The van der Waals surface area contributed by atoms with Crippen molar-refractivity contribution in [2.24, 2.45) is 0 Å². The summed E-state index contributed by atoms with van der Waals surface area (Å²) in [5.74, 6) is 0.00539. The SMILES string of the molecule is CCC(CC)NC(=O)CN(C)CC(O)COC. The van der Waals surface area contributed by atoms with Gasteiger partial charge in [0, 0.05) is 19.7 Å². The fraction of sp³-hybridized carbons (Fsp3) is 0.917. The smallest absolute Gasteiger partial charge is 0.234 e. The Morgan fingerprint density at radius 2 is 2.00 bits per heavy atom. The van der Waals surface area contributed by atoms with E-state index in [1.54, 1.807) is 12.0 Å². The van der Waals surface area contributed by atoms with Crippen LogP contribution in [0.1, 0.15) is 26.7 Å². The summed E-state index contributed by atoms with van der Waals surface area (Å²) in [6.07, 6.45) is 1.34. The van der Waals surface area contributed by atoms with E-state index in [4.69, 9.17) is 4.74 Å². The van der Waals surface area contributed by atoms with Gasteiger partial charge in [0.2, 0.25) is 5.91 Å². The normalized spacial score (nSPS) is 13.1. The monoisotopic (exact) mass is 246 g/mol. The molecule has 0 aliphatic heterocycles. The number of nitrogens with zero attached hydrogens (tertiary/aromatic N) is 1. The minimum Gasteiger partial charge on any atom is -0.389 e. The number of methoxy groups -OCH3 is 1. The first-order valence-electron chi connectivity index (χ1n) is 6.18. The minimum atomic E-state index is -0.550. The van der Waals surface area contributed by atoms with E-state index in [0.717, 1.165) is 12.8 Å². The number of ether oxygens (including phenoxy) is 1. The molecular weight excluding hydrogens is 220 g/mol. The molecule has 5 nitrogen and oxygen atoms in total. The lowest BCUT2D eigenvalue weighted by Gasteiger charge is -2.21. The standard InChI is InChI=1S/C12H26N2O3/c1-5-10(6-2)13-12(16)8-14(3)7-11(15)9-17-4/h10-11,15H,5-9H2,1-4H3,(H,13,16). The van der Waals surface area contributed by atoms with E-state index in [9.17, 15) is 9.90 Å². The molecule has 17 heavy (non-hydrogen) atoms. The van der Waals surface area contributed by atoms with E-state index in [0.29, 0.717) is 19.7 Å². The van der Waals surface area contributed by atoms with Gasteiger partial charge in [0.1, 0.15) is 0 Å². The lowest BCUT2D eigenvalue weighted by molar-refractivity contribution is -0.123. The Hall–Kier alpha value is -0.650. The van der Waals surface area contributed by atoms with Gasteiger partial charge in [0.25, 0.3) is 0 Å². The second-order valence-electron chi connectivity index (χ2n) is 4.39. The highest BCUT2D eigenvalue weighted by atomic mass is 16.5. The number of aliphatic hydroxyl groups is 1. The summed E-state index contributed by atoms with van der Waals surface area (Å²) in [4.78, 5) is 13.4. The number of hydrogen-bond acceptors (Lipinski definition) is 4. The van der Waals surface area contributed by atoms with E-state index in [1.807, 2.05) is 7.05 Å². The predicted octanol–water partition coefficient (Wildman–Crippen LogP) is 0.230. The third kappa shape index (κ3) is 8.12. The van der Waals surface area contributed by atoms with Crippen molar-refractivity contribution in [3.05, 3.63) is 0 Å². The molecule has 0 rings (SSSR count). The van der Waals surface area contributed by atoms with Gasteiger partial charge in [-0.3, -0.25) is 9.69 Å². The molecule has 0 aliphatic rings. The fourth-order valence-electron chi connectivity index (χ4n) is 1.68. The maximum Gasteiger partial charge on any atom is 0.234 e. The number of nitrogens with one attached hydrogen (secondary N) is 1. The Kier molecular flexibility index (Phi) is 9.03. The molecule has 102 valence electrons. The van der Waals surface area contributed by atoms with E-state index >= 15 is 0 Å². The molecule has 0 spiro atoms. The number of carbonyl (C=O) groups is 1. The Morgan fingerprint density at radius 3 is 2.47 bits per heavy atom. The topological polar surface area (TPSA) is 61.8 Å². The number of likely N-dealkylation sites (N-methyl/N-ethyl adjacent to an activating group) is 1. The first kappa shape index (κ1) is 16.4. The number of hydrogen-bond donors (Lipinski definition) is 2. The summed E-state index contributed by atoms with van der Waals surface area (Å²) in [5.41, 5.74) is 0. The Labute approximate surface area is 104 Å². The largest absolute Gasteiger partial charge is 0.389 e. The van der Waals surface area contributed by atoms with Crippen molar-refractivity contribution in [3.63, 3.8) is 0 Å². The van der Waals surface area contributed by atoms with Crippen LogP contribution in [0, 0.1) is 0 Å². The van der Waals surface area contributed by atoms with Crippen molar-refractivity contribution in [3.8, 4) is 0 Å². The van der Waals surface area contributed by atoms with Crippen LogP contribution in [0.5, 0.6) is 0 Å². The van der Waals surface area contributed by atoms with Crippen LogP contribution in [0.25, 0.3) is 0 Å². The fourth-order valence-corrected chi connectivity index (χ4v) is 1.68. The van der Waals surface area contributed by atoms with Crippen molar-refractivity contribution in [2.75, 3.05) is 33.9 Å². The summed E-state index contributed by atoms with van der Waals surface area (Å²) in [5, 5.41) is 12.5. The zero-order valence-electron chi connectivity index (χ0n) is 11.4. The molecule has 0 aliphatic carbocycles. The first-order chi connectivity index (χ1) is 8.03. The molecule has 2 N–H and O–H groups in total. The van der Waals surface area contributed by atoms with E-state index < -0.39 is 6.10 Å². The van der Waals surface area contributed by atoms with Gasteiger partial charge in [0.05, 0.1) is 19.3 Å². The summed E-state index contributed by atoms with van der Waals surface area (Å²) in [7, 11) is 3.36. The van der Waals surface area contributed by atoms with Crippen molar-refractivity contribution in [1.82, 2.24) is 10.2 Å². The molecule has 0 aromatic heterocycles. The molecule has 1 unspecified atom stereocenters. The van der Waals surface area contributed by atoms with Gasteiger partial charge in [-0.15, -0.1) is 0 Å². The van der Waals surface area contributed by atoms with Gasteiger partial charge >= 0.3 is 0 Å². The quantitative estimate of drug-likeness (QED) is 0.611. The molecule has 0 radical (unpaired) electrons. The van der Waals surface area contributed by atoms with Gasteiger partial charge < -0.3 is 15.2 Å². The van der Waals surface area contributed by atoms with Crippen LogP contribution in [0.2, 0.25) is 0 Å². The van der Waals surface area contributed by atoms with E-state index in [-0.39, 0.29) is 11.9 Å². The highest BCUT2D eigenvalue weighted by Crippen LogP contribution is 1.96. The first-order valence-corrected chi connectivity index (χ1v) is 6.18. The summed E-state index contributed by atoms with van der Waals surface area (Å²) in [6.45, 7) is 5.14. The van der Waals surface area contributed by atoms with Crippen LogP contribution in [0.3, 0.4) is 0 Å². The zero-order valence-corrected chi connectivity index (χ0v) is 11.4.